The maximum atomic E-state index is 4.89. The third-order valence-corrected chi connectivity index (χ3v) is 7.33. The Hall–Kier alpha value is -3.12. The van der Waals surface area contributed by atoms with Crippen LogP contribution >= 0.6 is 0 Å². The molecule has 0 bridgehead atoms. The summed E-state index contributed by atoms with van der Waals surface area (Å²) in [5.41, 5.74) is 7.48. The van der Waals surface area contributed by atoms with Crippen LogP contribution in [0.25, 0.3) is 11.3 Å². The third-order valence-electron chi connectivity index (χ3n) is 7.33. The lowest BCUT2D eigenvalue weighted by Crippen LogP contribution is -2.37. The van der Waals surface area contributed by atoms with Crippen molar-refractivity contribution in [1.82, 2.24) is 29.7 Å². The van der Waals surface area contributed by atoms with Crippen molar-refractivity contribution < 1.29 is 0 Å². The Bertz CT molecular complexity index is 1130. The number of hydrogen-bond acceptors (Lipinski definition) is 5. The van der Waals surface area contributed by atoms with E-state index in [1.54, 1.807) is 0 Å². The van der Waals surface area contributed by atoms with Gasteiger partial charge in [0.2, 0.25) is 0 Å². The van der Waals surface area contributed by atoms with Crippen LogP contribution in [0.2, 0.25) is 0 Å². The summed E-state index contributed by atoms with van der Waals surface area (Å²) < 4.78 is 1.90. The number of likely N-dealkylation sites (tertiary alicyclic amines) is 1. The van der Waals surface area contributed by atoms with Gasteiger partial charge in [0.1, 0.15) is 5.69 Å². The average molecular weight is 503 g/mol. The summed E-state index contributed by atoms with van der Waals surface area (Å²) in [4.78, 5) is 9.61. The number of nitrogens with zero attached hydrogens (tertiary/aromatic N) is 5. The summed E-state index contributed by atoms with van der Waals surface area (Å²) in [5, 5.41) is 8.39. The Kier molecular flexibility index (Phi) is 10.3. The van der Waals surface area contributed by atoms with Gasteiger partial charge in [0.15, 0.2) is 5.65 Å². The van der Waals surface area contributed by atoms with Crippen LogP contribution in [0.5, 0.6) is 0 Å². The van der Waals surface area contributed by atoms with Crippen LogP contribution in [-0.2, 0) is 0 Å². The van der Waals surface area contributed by atoms with E-state index in [1.807, 2.05) is 36.7 Å². The first-order valence-corrected chi connectivity index (χ1v) is 13.8. The summed E-state index contributed by atoms with van der Waals surface area (Å²) in [6.45, 7) is 30.6. The second kappa shape index (κ2) is 13.4. The molecule has 6 heteroatoms. The van der Waals surface area contributed by atoms with Gasteiger partial charge >= 0.3 is 0 Å². The second-order valence-corrected chi connectivity index (χ2v) is 10.1. The summed E-state index contributed by atoms with van der Waals surface area (Å²) >= 11 is 0. The second-order valence-electron chi connectivity index (χ2n) is 10.1. The highest BCUT2D eigenvalue weighted by molar-refractivity contribution is 5.60. The smallest absolute Gasteiger partial charge is 0.154 e. The lowest BCUT2D eigenvalue weighted by atomic mass is 9.93. The molecule has 37 heavy (non-hydrogen) atoms. The molecule has 1 N–H and O–H groups in total. The van der Waals surface area contributed by atoms with E-state index >= 15 is 0 Å². The average Bonchev–Trinajstić information content (AvgIpc) is 3.36. The Labute approximate surface area is 224 Å². The molecule has 4 rings (SSSR count). The molecule has 200 valence electrons. The van der Waals surface area contributed by atoms with E-state index in [-0.39, 0.29) is 0 Å². The van der Waals surface area contributed by atoms with Gasteiger partial charge in [-0.2, -0.15) is 5.10 Å². The molecule has 1 atom stereocenters. The number of imidazole rings is 1. The fourth-order valence-electron chi connectivity index (χ4n) is 5.16. The van der Waals surface area contributed by atoms with Crippen LogP contribution in [0.1, 0.15) is 64.3 Å². The van der Waals surface area contributed by atoms with Crippen molar-refractivity contribution in [3.05, 3.63) is 85.0 Å². The van der Waals surface area contributed by atoms with Crippen LogP contribution in [0.4, 0.5) is 0 Å². The highest BCUT2D eigenvalue weighted by Crippen LogP contribution is 2.28. The molecule has 4 heterocycles. The Morgan fingerprint density at radius 1 is 1.11 bits per heavy atom. The van der Waals surface area contributed by atoms with Crippen molar-refractivity contribution in [2.45, 2.75) is 52.9 Å². The molecule has 2 aliphatic rings. The summed E-state index contributed by atoms with van der Waals surface area (Å²) in [6.07, 6.45) is 9.19. The van der Waals surface area contributed by atoms with Crippen molar-refractivity contribution in [1.29, 1.82) is 0 Å². The zero-order chi connectivity index (χ0) is 26.9. The van der Waals surface area contributed by atoms with Gasteiger partial charge in [0, 0.05) is 50.9 Å². The van der Waals surface area contributed by atoms with Crippen molar-refractivity contribution in [3.8, 4) is 0 Å². The molecule has 0 spiro atoms. The first-order valence-electron chi connectivity index (χ1n) is 13.8. The number of piperidine rings is 1. The fourth-order valence-corrected chi connectivity index (χ4v) is 5.16. The molecule has 1 fully saturated rings. The lowest BCUT2D eigenvalue weighted by Gasteiger charge is -2.33. The molecule has 0 aliphatic carbocycles. The third kappa shape index (κ3) is 7.22. The van der Waals surface area contributed by atoms with Crippen molar-refractivity contribution in [2.24, 2.45) is 5.92 Å². The SMILES string of the molecule is C=CC1=C(C=C)CN(CC(C)CNC(=C)c2cn3nc(C4CCN(C(=C)C)CC4)ccc3n2)CC1.CC. The van der Waals surface area contributed by atoms with Crippen molar-refractivity contribution in [3.63, 3.8) is 0 Å². The van der Waals surface area contributed by atoms with E-state index in [0.29, 0.717) is 11.8 Å². The quantitative estimate of drug-likeness (QED) is 0.429. The van der Waals surface area contributed by atoms with Crippen LogP contribution in [0.3, 0.4) is 0 Å². The highest BCUT2D eigenvalue weighted by Gasteiger charge is 2.22. The predicted octanol–water partition coefficient (Wildman–Crippen LogP) is 6.04. The van der Waals surface area contributed by atoms with E-state index in [1.165, 1.54) is 11.1 Å². The van der Waals surface area contributed by atoms with Crippen molar-refractivity contribution in [2.75, 3.05) is 39.3 Å². The number of allylic oxidation sites excluding steroid dienone is 2. The predicted molar refractivity (Wildman–Crippen MR) is 157 cm³/mol. The minimum Gasteiger partial charge on any atom is -0.383 e. The molecule has 6 nitrogen and oxygen atoms in total. The maximum Gasteiger partial charge on any atom is 0.154 e. The Balaban J connectivity index is 0.00000186. The van der Waals surface area contributed by atoms with E-state index in [9.17, 15) is 0 Å². The summed E-state index contributed by atoms with van der Waals surface area (Å²) in [5.74, 6) is 0.965. The summed E-state index contributed by atoms with van der Waals surface area (Å²) in [7, 11) is 0. The number of fused-ring (bicyclic) bond motifs is 1. The van der Waals surface area contributed by atoms with E-state index in [0.717, 1.165) is 87.0 Å². The topological polar surface area (TPSA) is 48.7 Å². The van der Waals surface area contributed by atoms with Crippen LogP contribution < -0.4 is 5.32 Å². The molecule has 2 aromatic heterocycles. The lowest BCUT2D eigenvalue weighted by molar-refractivity contribution is 0.250. The monoisotopic (exact) mass is 502 g/mol. The van der Waals surface area contributed by atoms with Gasteiger partial charge in [-0.15, -0.1) is 0 Å². The first kappa shape index (κ1) is 28.5. The highest BCUT2D eigenvalue weighted by atomic mass is 15.3. The van der Waals surface area contributed by atoms with E-state index < -0.39 is 0 Å². The number of rotatable bonds is 10. The van der Waals surface area contributed by atoms with Gasteiger partial charge in [-0.05, 0) is 55.4 Å². The van der Waals surface area contributed by atoms with Gasteiger partial charge in [-0.1, -0.05) is 59.2 Å². The Morgan fingerprint density at radius 2 is 1.81 bits per heavy atom. The largest absolute Gasteiger partial charge is 0.383 e. The zero-order valence-electron chi connectivity index (χ0n) is 23.5. The van der Waals surface area contributed by atoms with Gasteiger partial charge < -0.3 is 10.2 Å². The standard InChI is InChI=1S/C29H40N6.C2H6/c1-7-24-11-14-33(19-25(24)8-2)18-22(5)17-30-23(6)28-20-35-29(31-28)10-9-27(32-35)26-12-15-34(16-13-26)21(3)4;1-2/h7-10,20,22,26,30H,1-3,6,11-19H2,4-5H3;1-2H3. The normalized spacial score (nSPS) is 17.7. The molecule has 0 amide bonds. The molecule has 1 saturated heterocycles. The van der Waals surface area contributed by atoms with E-state index in [4.69, 9.17) is 10.1 Å². The molecule has 0 saturated carbocycles. The maximum absolute atomic E-state index is 4.89. The van der Waals surface area contributed by atoms with Crippen LogP contribution in [0, 0.1) is 5.92 Å². The zero-order valence-corrected chi connectivity index (χ0v) is 23.5. The molecular weight excluding hydrogens is 456 g/mol. The number of hydrogen-bond donors (Lipinski definition) is 1. The van der Waals surface area contributed by atoms with Gasteiger partial charge in [0.05, 0.1) is 17.6 Å². The first-order chi connectivity index (χ1) is 17.9. The van der Waals surface area contributed by atoms with Gasteiger partial charge in [-0.25, -0.2) is 9.50 Å². The van der Waals surface area contributed by atoms with E-state index in [2.05, 4.69) is 67.4 Å². The van der Waals surface area contributed by atoms with Gasteiger partial charge in [0.25, 0.3) is 0 Å². The minimum absolute atomic E-state index is 0.481. The molecule has 0 radical (unpaired) electrons. The summed E-state index contributed by atoms with van der Waals surface area (Å²) in [6, 6.07) is 4.21. The molecule has 0 aromatic carbocycles. The van der Waals surface area contributed by atoms with Crippen molar-refractivity contribution >= 4 is 11.3 Å². The van der Waals surface area contributed by atoms with Crippen LogP contribution in [-0.4, -0.2) is 63.7 Å². The fraction of sp³-hybridized carbons (Fsp3) is 0.484. The molecule has 1 unspecified atom stereocenters. The molecular formula is C31H46N6. The minimum atomic E-state index is 0.481. The van der Waals surface area contributed by atoms with Crippen LogP contribution in [0.15, 0.2) is 73.6 Å². The molecule has 2 aliphatic heterocycles. The molecule has 2 aromatic rings. The Morgan fingerprint density at radius 3 is 2.46 bits per heavy atom. The number of aromatic nitrogens is 3. The van der Waals surface area contributed by atoms with Gasteiger partial charge in [-0.3, -0.25) is 4.90 Å². The number of nitrogens with one attached hydrogen (secondary N) is 1.